The Morgan fingerprint density at radius 2 is 1.65 bits per heavy atom. The highest BCUT2D eigenvalue weighted by molar-refractivity contribution is 6.16. The van der Waals surface area contributed by atoms with Gasteiger partial charge in [-0.15, -0.1) is 0 Å². The van der Waals surface area contributed by atoms with Crippen LogP contribution < -0.4 is 15.1 Å². The largest absolute Gasteiger partial charge is 0.497 e. The summed E-state index contributed by atoms with van der Waals surface area (Å²) in [5.74, 6) is 0.742. The van der Waals surface area contributed by atoms with Crippen molar-refractivity contribution in [1.29, 1.82) is 0 Å². The number of hydrogen-bond donors (Lipinski definition) is 0. The van der Waals surface area contributed by atoms with Crippen LogP contribution in [0.2, 0.25) is 0 Å². The van der Waals surface area contributed by atoms with Crippen molar-refractivity contribution in [3.8, 4) is 22.6 Å². The van der Waals surface area contributed by atoms with Crippen molar-refractivity contribution in [3.63, 3.8) is 0 Å². The molecule has 4 rings (SSSR count). The smallest absolute Gasteiger partial charge is 0.336 e. The van der Waals surface area contributed by atoms with E-state index in [2.05, 4.69) is 0 Å². The zero-order chi connectivity index (χ0) is 21.8. The van der Waals surface area contributed by atoms with Gasteiger partial charge in [0.1, 0.15) is 17.1 Å². The number of ketones is 1. The minimum atomic E-state index is -0.534. The van der Waals surface area contributed by atoms with Crippen molar-refractivity contribution in [2.75, 3.05) is 14.2 Å². The molecule has 4 aromatic rings. The number of carbonyl (C=O) groups excluding carboxylic acids is 1. The van der Waals surface area contributed by atoms with E-state index in [1.54, 1.807) is 25.3 Å². The Morgan fingerprint density at radius 1 is 0.903 bits per heavy atom. The van der Waals surface area contributed by atoms with Crippen LogP contribution in [-0.4, -0.2) is 20.0 Å². The monoisotopic (exact) mass is 412 g/mol. The molecule has 0 spiro atoms. The number of methoxy groups -OCH3 is 2. The van der Waals surface area contributed by atoms with Gasteiger partial charge in [-0.3, -0.25) is 4.79 Å². The molecule has 0 amide bonds. The lowest BCUT2D eigenvalue weighted by atomic mass is 9.98. The van der Waals surface area contributed by atoms with Gasteiger partial charge >= 0.3 is 5.63 Å². The van der Waals surface area contributed by atoms with Crippen LogP contribution in [-0.2, 0) is 0 Å². The maximum atomic E-state index is 13.1. The Labute approximate surface area is 179 Å². The highest BCUT2D eigenvalue weighted by atomic mass is 16.5. The summed E-state index contributed by atoms with van der Waals surface area (Å²) < 4.78 is 16.1. The Balaban J connectivity index is 1.84. The van der Waals surface area contributed by atoms with Crippen LogP contribution in [0.3, 0.4) is 0 Å². The standard InChI is InChI=1S/C26H20O5/c1-29-19-11-8-17(9-12-19)10-14-22(27)25-23(30-2)15-13-20-21(16-24(28)31-26(20)25)18-6-4-3-5-7-18/h3-16H,1-2H3. The fraction of sp³-hybridized carbons (Fsp3) is 0.0769. The number of carbonyl (C=O) groups is 1. The zero-order valence-corrected chi connectivity index (χ0v) is 17.1. The minimum absolute atomic E-state index is 0.204. The molecular formula is C26H20O5. The number of benzene rings is 3. The van der Waals surface area contributed by atoms with Gasteiger partial charge < -0.3 is 13.9 Å². The second kappa shape index (κ2) is 8.71. The summed E-state index contributed by atoms with van der Waals surface area (Å²) in [7, 11) is 3.07. The lowest BCUT2D eigenvalue weighted by molar-refractivity contribution is 0.104. The summed E-state index contributed by atoms with van der Waals surface area (Å²) in [5.41, 5.74) is 2.27. The van der Waals surface area contributed by atoms with E-state index in [9.17, 15) is 9.59 Å². The van der Waals surface area contributed by atoms with Crippen LogP contribution in [0, 0.1) is 0 Å². The van der Waals surface area contributed by atoms with Gasteiger partial charge in [0.05, 0.1) is 14.2 Å². The molecule has 1 aromatic heterocycles. The molecule has 0 aliphatic heterocycles. The number of rotatable bonds is 6. The first-order chi connectivity index (χ1) is 15.1. The molecule has 31 heavy (non-hydrogen) atoms. The molecule has 5 nitrogen and oxygen atoms in total. The van der Waals surface area contributed by atoms with Gasteiger partial charge in [-0.1, -0.05) is 48.5 Å². The first-order valence-corrected chi connectivity index (χ1v) is 9.67. The van der Waals surface area contributed by atoms with E-state index in [0.29, 0.717) is 16.7 Å². The van der Waals surface area contributed by atoms with Crippen LogP contribution in [0.1, 0.15) is 15.9 Å². The minimum Gasteiger partial charge on any atom is -0.497 e. The molecular weight excluding hydrogens is 392 g/mol. The fourth-order valence-electron chi connectivity index (χ4n) is 3.44. The Kier molecular flexibility index (Phi) is 5.67. The molecule has 0 saturated heterocycles. The van der Waals surface area contributed by atoms with E-state index in [0.717, 1.165) is 16.9 Å². The summed E-state index contributed by atoms with van der Waals surface area (Å²) in [5, 5.41) is 0.660. The predicted molar refractivity (Wildman–Crippen MR) is 121 cm³/mol. The van der Waals surface area contributed by atoms with E-state index >= 15 is 0 Å². The maximum Gasteiger partial charge on any atom is 0.336 e. The molecule has 154 valence electrons. The van der Waals surface area contributed by atoms with Crippen molar-refractivity contribution < 1.29 is 18.7 Å². The lowest BCUT2D eigenvalue weighted by Gasteiger charge is -2.11. The summed E-state index contributed by atoms with van der Waals surface area (Å²) in [4.78, 5) is 25.5. The molecule has 1 heterocycles. The number of allylic oxidation sites excluding steroid dienone is 1. The van der Waals surface area contributed by atoms with Crippen molar-refractivity contribution in [2.24, 2.45) is 0 Å². The van der Waals surface area contributed by atoms with Crippen molar-refractivity contribution in [3.05, 3.63) is 100 Å². The summed E-state index contributed by atoms with van der Waals surface area (Å²) >= 11 is 0. The van der Waals surface area contributed by atoms with Crippen LogP contribution in [0.4, 0.5) is 0 Å². The third kappa shape index (κ3) is 4.12. The lowest BCUT2D eigenvalue weighted by Crippen LogP contribution is -2.05. The van der Waals surface area contributed by atoms with Crippen LogP contribution >= 0.6 is 0 Å². The Bertz CT molecular complexity index is 1320. The molecule has 3 aromatic carbocycles. The first-order valence-electron chi connectivity index (χ1n) is 9.67. The molecule has 5 heteroatoms. The molecule has 0 unspecified atom stereocenters. The second-order valence-electron chi connectivity index (χ2n) is 6.84. The maximum absolute atomic E-state index is 13.1. The average Bonchev–Trinajstić information content (AvgIpc) is 2.82. The van der Waals surface area contributed by atoms with Crippen LogP contribution in [0.25, 0.3) is 28.2 Å². The van der Waals surface area contributed by atoms with Gasteiger partial charge in [0.15, 0.2) is 11.4 Å². The number of hydrogen-bond acceptors (Lipinski definition) is 5. The van der Waals surface area contributed by atoms with E-state index in [1.807, 2.05) is 54.6 Å². The Morgan fingerprint density at radius 3 is 2.32 bits per heavy atom. The third-order valence-electron chi connectivity index (χ3n) is 4.97. The number of fused-ring (bicyclic) bond motifs is 1. The summed E-state index contributed by atoms with van der Waals surface area (Å²) in [6.07, 6.45) is 3.13. The zero-order valence-electron chi connectivity index (χ0n) is 17.1. The first kappa shape index (κ1) is 20.2. The van der Waals surface area contributed by atoms with Gasteiger partial charge in [-0.25, -0.2) is 4.79 Å². The summed E-state index contributed by atoms with van der Waals surface area (Å²) in [6.45, 7) is 0. The Hall–Kier alpha value is -4.12. The van der Waals surface area contributed by atoms with E-state index in [-0.39, 0.29) is 16.9 Å². The molecule has 0 atom stereocenters. The van der Waals surface area contributed by atoms with Crippen molar-refractivity contribution >= 4 is 22.8 Å². The highest BCUT2D eigenvalue weighted by Crippen LogP contribution is 2.34. The van der Waals surface area contributed by atoms with Gasteiger partial charge in [0.25, 0.3) is 0 Å². The van der Waals surface area contributed by atoms with Gasteiger partial charge in [0.2, 0.25) is 0 Å². The number of ether oxygens (including phenoxy) is 2. The molecule has 0 N–H and O–H groups in total. The van der Waals surface area contributed by atoms with Crippen LogP contribution in [0.15, 0.2) is 88.1 Å². The van der Waals surface area contributed by atoms with Crippen LogP contribution in [0.5, 0.6) is 11.5 Å². The predicted octanol–water partition coefficient (Wildman–Crippen LogP) is 5.37. The topological polar surface area (TPSA) is 65.7 Å². The molecule has 0 aliphatic carbocycles. The van der Waals surface area contributed by atoms with E-state index < -0.39 is 5.63 Å². The van der Waals surface area contributed by atoms with Gasteiger partial charge in [-0.2, -0.15) is 0 Å². The molecule has 0 bridgehead atoms. The normalized spacial score (nSPS) is 11.0. The summed E-state index contributed by atoms with van der Waals surface area (Å²) in [6, 6.07) is 21.8. The highest BCUT2D eigenvalue weighted by Gasteiger charge is 2.19. The molecule has 0 saturated carbocycles. The molecule has 0 aliphatic rings. The molecule has 0 fully saturated rings. The average molecular weight is 412 g/mol. The van der Waals surface area contributed by atoms with E-state index in [4.69, 9.17) is 13.9 Å². The SMILES string of the molecule is COc1ccc(C=CC(=O)c2c(OC)ccc3c(-c4ccccc4)cc(=O)oc23)cc1. The van der Waals surface area contributed by atoms with Gasteiger partial charge in [0, 0.05) is 11.5 Å². The quantitative estimate of drug-likeness (QED) is 0.242. The molecule has 0 radical (unpaired) electrons. The van der Waals surface area contributed by atoms with E-state index in [1.165, 1.54) is 19.3 Å². The third-order valence-corrected chi connectivity index (χ3v) is 4.97. The van der Waals surface area contributed by atoms with Crippen molar-refractivity contribution in [2.45, 2.75) is 0 Å². The fourth-order valence-corrected chi connectivity index (χ4v) is 3.44. The van der Waals surface area contributed by atoms with Gasteiger partial charge in [-0.05, 0) is 47.0 Å². The van der Waals surface area contributed by atoms with Crippen molar-refractivity contribution in [1.82, 2.24) is 0 Å². The second-order valence-corrected chi connectivity index (χ2v) is 6.84.